The Kier molecular flexibility index (Phi) is 5.18. The number of nitrogens with one attached hydrogen (secondary N) is 1. The molecule has 1 N–H and O–H groups in total. The standard InChI is InChI=1S/C15H18ClN3O/c1-12-8-9-18-19(12)11-10-17-15(20)7-4-13-2-5-14(16)6-3-13/h2-3,5-6,8-9H,4,7,10-11H2,1H3,(H,17,20). The molecule has 0 aliphatic rings. The van der Waals surface area contributed by atoms with Gasteiger partial charge in [0.25, 0.3) is 0 Å². The summed E-state index contributed by atoms with van der Waals surface area (Å²) in [5.41, 5.74) is 2.22. The quantitative estimate of drug-likeness (QED) is 0.889. The summed E-state index contributed by atoms with van der Waals surface area (Å²) in [5.74, 6) is 0.0600. The third kappa shape index (κ3) is 4.38. The van der Waals surface area contributed by atoms with Crippen LogP contribution in [-0.2, 0) is 17.8 Å². The number of halogens is 1. The van der Waals surface area contributed by atoms with Crippen molar-refractivity contribution < 1.29 is 4.79 Å². The minimum Gasteiger partial charge on any atom is -0.354 e. The normalized spacial score (nSPS) is 10.5. The Morgan fingerprint density at radius 1 is 1.30 bits per heavy atom. The number of hydrogen-bond donors (Lipinski definition) is 1. The molecule has 0 saturated heterocycles. The van der Waals surface area contributed by atoms with E-state index in [1.54, 1.807) is 6.20 Å². The van der Waals surface area contributed by atoms with Crippen molar-refractivity contribution in [2.75, 3.05) is 6.54 Å². The fraction of sp³-hybridized carbons (Fsp3) is 0.333. The van der Waals surface area contributed by atoms with Gasteiger partial charge in [-0.25, -0.2) is 0 Å². The molecule has 2 rings (SSSR count). The molecule has 1 heterocycles. The average Bonchev–Trinajstić information content (AvgIpc) is 2.84. The van der Waals surface area contributed by atoms with Crippen LogP contribution in [-0.4, -0.2) is 22.2 Å². The molecule has 0 saturated carbocycles. The average molecular weight is 292 g/mol. The van der Waals surface area contributed by atoms with Crippen molar-refractivity contribution in [1.29, 1.82) is 0 Å². The Bertz CT molecular complexity index is 563. The first-order valence-corrected chi connectivity index (χ1v) is 7.02. The number of aromatic nitrogens is 2. The highest BCUT2D eigenvalue weighted by atomic mass is 35.5. The van der Waals surface area contributed by atoms with Gasteiger partial charge < -0.3 is 5.32 Å². The topological polar surface area (TPSA) is 46.9 Å². The van der Waals surface area contributed by atoms with Crippen LogP contribution in [0.3, 0.4) is 0 Å². The lowest BCUT2D eigenvalue weighted by atomic mass is 10.1. The summed E-state index contributed by atoms with van der Waals surface area (Å²) in [5, 5.41) is 7.79. The number of rotatable bonds is 6. The van der Waals surface area contributed by atoms with E-state index in [-0.39, 0.29) is 5.91 Å². The predicted molar refractivity (Wildman–Crippen MR) is 79.7 cm³/mol. The maximum Gasteiger partial charge on any atom is 0.220 e. The van der Waals surface area contributed by atoms with Crippen molar-refractivity contribution in [2.45, 2.75) is 26.3 Å². The minimum atomic E-state index is 0.0600. The van der Waals surface area contributed by atoms with Gasteiger partial charge in [0.15, 0.2) is 0 Å². The van der Waals surface area contributed by atoms with E-state index >= 15 is 0 Å². The molecule has 0 fully saturated rings. The second kappa shape index (κ2) is 7.10. The third-order valence-corrected chi connectivity index (χ3v) is 3.38. The van der Waals surface area contributed by atoms with Crippen LogP contribution in [0.15, 0.2) is 36.5 Å². The number of nitrogens with zero attached hydrogens (tertiary/aromatic N) is 2. The first-order chi connectivity index (χ1) is 9.65. The van der Waals surface area contributed by atoms with E-state index in [0.29, 0.717) is 24.5 Å². The van der Waals surface area contributed by atoms with Crippen LogP contribution in [0.2, 0.25) is 5.02 Å². The van der Waals surface area contributed by atoms with Gasteiger partial charge in [-0.3, -0.25) is 9.48 Å². The molecule has 0 aliphatic carbocycles. The van der Waals surface area contributed by atoms with Crippen LogP contribution in [0, 0.1) is 6.92 Å². The molecular formula is C15H18ClN3O. The maximum absolute atomic E-state index is 11.7. The summed E-state index contributed by atoms with van der Waals surface area (Å²) in [4.78, 5) is 11.7. The molecule has 1 aromatic carbocycles. The number of benzene rings is 1. The fourth-order valence-electron chi connectivity index (χ4n) is 1.93. The first kappa shape index (κ1) is 14.6. The first-order valence-electron chi connectivity index (χ1n) is 6.65. The van der Waals surface area contributed by atoms with Gasteiger partial charge in [0.1, 0.15) is 0 Å². The highest BCUT2D eigenvalue weighted by Crippen LogP contribution is 2.10. The second-order valence-electron chi connectivity index (χ2n) is 4.67. The molecule has 1 aromatic heterocycles. The van der Waals surface area contributed by atoms with Crippen molar-refractivity contribution >= 4 is 17.5 Å². The van der Waals surface area contributed by atoms with Gasteiger partial charge in [-0.15, -0.1) is 0 Å². The molecule has 0 unspecified atom stereocenters. The van der Waals surface area contributed by atoms with Crippen LogP contribution in [0.25, 0.3) is 0 Å². The Morgan fingerprint density at radius 3 is 2.70 bits per heavy atom. The van der Waals surface area contributed by atoms with Crippen molar-refractivity contribution in [3.8, 4) is 0 Å². The lowest BCUT2D eigenvalue weighted by molar-refractivity contribution is -0.121. The zero-order chi connectivity index (χ0) is 14.4. The van der Waals surface area contributed by atoms with Gasteiger partial charge in [0.2, 0.25) is 5.91 Å². The molecule has 0 atom stereocenters. The van der Waals surface area contributed by atoms with Gasteiger partial charge >= 0.3 is 0 Å². The lowest BCUT2D eigenvalue weighted by Crippen LogP contribution is -2.27. The minimum absolute atomic E-state index is 0.0600. The molecule has 0 spiro atoms. The predicted octanol–water partition coefficient (Wildman–Crippen LogP) is 2.59. The van der Waals surface area contributed by atoms with E-state index < -0.39 is 0 Å². The number of amides is 1. The highest BCUT2D eigenvalue weighted by Gasteiger charge is 2.03. The zero-order valence-corrected chi connectivity index (χ0v) is 12.2. The van der Waals surface area contributed by atoms with Crippen LogP contribution < -0.4 is 5.32 Å². The van der Waals surface area contributed by atoms with E-state index in [0.717, 1.165) is 17.7 Å². The largest absolute Gasteiger partial charge is 0.354 e. The molecule has 4 nitrogen and oxygen atoms in total. The smallest absolute Gasteiger partial charge is 0.220 e. The van der Waals surface area contributed by atoms with Crippen molar-refractivity contribution in [3.63, 3.8) is 0 Å². The summed E-state index contributed by atoms with van der Waals surface area (Å²) >= 11 is 5.82. The Labute approximate surface area is 123 Å². The molecule has 106 valence electrons. The summed E-state index contributed by atoms with van der Waals surface area (Å²) in [6, 6.07) is 9.53. The number of hydrogen-bond acceptors (Lipinski definition) is 2. The molecule has 0 aliphatic heterocycles. The maximum atomic E-state index is 11.7. The Hall–Kier alpha value is -1.81. The third-order valence-electron chi connectivity index (χ3n) is 3.13. The zero-order valence-electron chi connectivity index (χ0n) is 11.5. The molecule has 5 heteroatoms. The molecular weight excluding hydrogens is 274 g/mol. The van der Waals surface area contributed by atoms with Gasteiger partial charge in [-0.05, 0) is 37.1 Å². The van der Waals surface area contributed by atoms with Crippen molar-refractivity contribution in [1.82, 2.24) is 15.1 Å². The molecule has 1 amide bonds. The molecule has 2 aromatic rings. The van der Waals surface area contributed by atoms with Gasteiger partial charge in [0.05, 0.1) is 6.54 Å². The van der Waals surface area contributed by atoms with Crippen molar-refractivity contribution in [3.05, 3.63) is 52.8 Å². The van der Waals surface area contributed by atoms with Gasteiger partial charge in [-0.2, -0.15) is 5.10 Å². The molecule has 0 radical (unpaired) electrons. The summed E-state index contributed by atoms with van der Waals surface area (Å²) < 4.78 is 1.87. The molecule has 0 bridgehead atoms. The number of carbonyl (C=O) groups is 1. The Morgan fingerprint density at radius 2 is 2.05 bits per heavy atom. The number of aryl methyl sites for hydroxylation is 2. The van der Waals surface area contributed by atoms with E-state index in [1.807, 2.05) is 41.9 Å². The summed E-state index contributed by atoms with van der Waals surface area (Å²) in [6.07, 6.45) is 2.97. The molecule has 20 heavy (non-hydrogen) atoms. The van der Waals surface area contributed by atoms with E-state index in [1.165, 1.54) is 0 Å². The van der Waals surface area contributed by atoms with Crippen LogP contribution in [0.1, 0.15) is 17.7 Å². The Balaban J connectivity index is 1.68. The SMILES string of the molecule is Cc1ccnn1CCNC(=O)CCc1ccc(Cl)cc1. The number of carbonyl (C=O) groups excluding carboxylic acids is 1. The van der Waals surface area contributed by atoms with Gasteiger partial charge in [0, 0.05) is 29.9 Å². The van der Waals surface area contributed by atoms with Gasteiger partial charge in [-0.1, -0.05) is 23.7 Å². The van der Waals surface area contributed by atoms with Crippen LogP contribution >= 0.6 is 11.6 Å². The van der Waals surface area contributed by atoms with Crippen molar-refractivity contribution in [2.24, 2.45) is 0 Å². The fourth-order valence-corrected chi connectivity index (χ4v) is 2.06. The summed E-state index contributed by atoms with van der Waals surface area (Å²) in [7, 11) is 0. The van der Waals surface area contributed by atoms with E-state index in [2.05, 4.69) is 10.4 Å². The van der Waals surface area contributed by atoms with Crippen LogP contribution in [0.5, 0.6) is 0 Å². The lowest BCUT2D eigenvalue weighted by Gasteiger charge is -2.07. The monoisotopic (exact) mass is 291 g/mol. The van der Waals surface area contributed by atoms with E-state index in [9.17, 15) is 4.79 Å². The highest BCUT2D eigenvalue weighted by molar-refractivity contribution is 6.30. The van der Waals surface area contributed by atoms with E-state index in [4.69, 9.17) is 11.6 Å². The summed E-state index contributed by atoms with van der Waals surface area (Å²) in [6.45, 7) is 3.29. The van der Waals surface area contributed by atoms with Crippen LogP contribution in [0.4, 0.5) is 0 Å². The second-order valence-corrected chi connectivity index (χ2v) is 5.11.